The molecule has 0 saturated carbocycles. The second-order valence-electron chi connectivity index (χ2n) is 5.20. The Balaban J connectivity index is 3.39. The van der Waals surface area contributed by atoms with E-state index in [1.165, 1.54) is 6.92 Å². The van der Waals surface area contributed by atoms with Crippen molar-refractivity contribution in [3.8, 4) is 0 Å². The highest BCUT2D eigenvalue weighted by atomic mass is 32.2. The van der Waals surface area contributed by atoms with Crippen molar-refractivity contribution in [3.05, 3.63) is 33.6 Å². The molecule has 0 aliphatic rings. The SMILES string of the molecule is CCC(C)(CC)NS(=O)(=O)c1cc([N+](=O)[O-])c(F)cc1C. The summed E-state index contributed by atoms with van der Waals surface area (Å²) >= 11 is 0. The smallest absolute Gasteiger partial charge is 0.258 e. The van der Waals surface area contributed by atoms with Crippen molar-refractivity contribution in [2.24, 2.45) is 0 Å². The van der Waals surface area contributed by atoms with Crippen LogP contribution < -0.4 is 4.72 Å². The van der Waals surface area contributed by atoms with Gasteiger partial charge in [0.1, 0.15) is 0 Å². The predicted molar refractivity (Wildman–Crippen MR) is 77.1 cm³/mol. The highest BCUT2D eigenvalue weighted by molar-refractivity contribution is 7.89. The van der Waals surface area contributed by atoms with Crippen LogP contribution in [0.4, 0.5) is 10.1 Å². The van der Waals surface area contributed by atoms with E-state index < -0.39 is 32.0 Å². The molecule has 0 saturated heterocycles. The van der Waals surface area contributed by atoms with Crippen molar-refractivity contribution in [1.82, 2.24) is 4.72 Å². The molecule has 0 amide bonds. The van der Waals surface area contributed by atoms with E-state index >= 15 is 0 Å². The standard InChI is InChI=1S/C13H19FN2O4S/c1-5-13(4,6-2)15-21(19,20)12-8-11(16(17)18)10(14)7-9(12)3/h7-8,15H,5-6H2,1-4H3. The lowest BCUT2D eigenvalue weighted by Gasteiger charge is -2.28. The topological polar surface area (TPSA) is 89.3 Å². The Bertz CT molecular complexity index is 654. The summed E-state index contributed by atoms with van der Waals surface area (Å²) in [4.78, 5) is 9.55. The van der Waals surface area contributed by atoms with E-state index in [1.807, 2.05) is 13.8 Å². The number of nitro groups is 1. The average Bonchev–Trinajstić information content (AvgIpc) is 2.37. The maximum atomic E-state index is 13.5. The third kappa shape index (κ3) is 3.76. The van der Waals surface area contributed by atoms with E-state index in [4.69, 9.17) is 0 Å². The molecule has 0 aromatic heterocycles. The lowest BCUT2D eigenvalue weighted by Crippen LogP contribution is -2.45. The van der Waals surface area contributed by atoms with Crippen molar-refractivity contribution < 1.29 is 17.7 Å². The van der Waals surface area contributed by atoms with Gasteiger partial charge in [0.15, 0.2) is 0 Å². The first-order valence-corrected chi connectivity index (χ1v) is 8.03. The molecular weight excluding hydrogens is 299 g/mol. The van der Waals surface area contributed by atoms with Crippen molar-refractivity contribution in [2.75, 3.05) is 0 Å². The van der Waals surface area contributed by atoms with Crippen LogP contribution in [0, 0.1) is 22.9 Å². The Kier molecular flexibility index (Phi) is 5.06. The van der Waals surface area contributed by atoms with Gasteiger partial charge in [-0.2, -0.15) is 4.39 Å². The zero-order valence-electron chi connectivity index (χ0n) is 12.4. The second kappa shape index (κ2) is 6.07. The first kappa shape index (κ1) is 17.5. The van der Waals surface area contributed by atoms with Gasteiger partial charge in [-0.05, 0) is 38.3 Å². The van der Waals surface area contributed by atoms with Gasteiger partial charge in [-0.25, -0.2) is 13.1 Å². The molecular formula is C13H19FN2O4S. The van der Waals surface area contributed by atoms with Gasteiger partial charge >= 0.3 is 5.69 Å². The Hall–Kier alpha value is -1.54. The molecule has 0 heterocycles. The molecule has 1 N–H and O–H groups in total. The molecule has 8 heteroatoms. The van der Waals surface area contributed by atoms with Gasteiger partial charge in [0.2, 0.25) is 15.8 Å². The van der Waals surface area contributed by atoms with Gasteiger partial charge in [0.05, 0.1) is 9.82 Å². The maximum Gasteiger partial charge on any atom is 0.306 e. The van der Waals surface area contributed by atoms with Gasteiger partial charge in [-0.15, -0.1) is 0 Å². The van der Waals surface area contributed by atoms with E-state index in [1.54, 1.807) is 6.92 Å². The zero-order chi connectivity index (χ0) is 16.4. The minimum absolute atomic E-state index is 0.125. The van der Waals surface area contributed by atoms with E-state index in [-0.39, 0.29) is 10.5 Å². The highest BCUT2D eigenvalue weighted by Crippen LogP contribution is 2.27. The summed E-state index contributed by atoms with van der Waals surface area (Å²) in [5.74, 6) is -1.05. The molecule has 21 heavy (non-hydrogen) atoms. The second-order valence-corrected chi connectivity index (χ2v) is 6.85. The van der Waals surface area contributed by atoms with Crippen LogP contribution in [0.25, 0.3) is 0 Å². The van der Waals surface area contributed by atoms with E-state index in [0.29, 0.717) is 12.8 Å². The summed E-state index contributed by atoms with van der Waals surface area (Å²) in [5.41, 5.74) is -1.38. The number of hydrogen-bond donors (Lipinski definition) is 1. The zero-order valence-corrected chi connectivity index (χ0v) is 13.3. The van der Waals surface area contributed by atoms with Gasteiger partial charge in [-0.1, -0.05) is 13.8 Å². The maximum absolute atomic E-state index is 13.5. The van der Waals surface area contributed by atoms with E-state index in [9.17, 15) is 22.9 Å². The fourth-order valence-electron chi connectivity index (χ4n) is 1.85. The Morgan fingerprint density at radius 2 is 1.86 bits per heavy atom. The molecule has 0 unspecified atom stereocenters. The van der Waals surface area contributed by atoms with Crippen LogP contribution in [-0.4, -0.2) is 18.9 Å². The third-order valence-corrected chi connectivity index (χ3v) is 5.45. The number of hydrogen-bond acceptors (Lipinski definition) is 4. The van der Waals surface area contributed by atoms with Crippen LogP contribution in [0.1, 0.15) is 39.2 Å². The largest absolute Gasteiger partial charge is 0.306 e. The van der Waals surface area contributed by atoms with Crippen molar-refractivity contribution in [2.45, 2.75) is 51.0 Å². The van der Waals surface area contributed by atoms with Crippen LogP contribution in [0.2, 0.25) is 0 Å². The number of nitro benzene ring substituents is 1. The molecule has 6 nitrogen and oxygen atoms in total. The predicted octanol–water partition coefficient (Wildman–Crippen LogP) is 2.90. The first-order valence-electron chi connectivity index (χ1n) is 6.55. The fourth-order valence-corrected chi connectivity index (χ4v) is 3.64. The molecule has 0 radical (unpaired) electrons. The summed E-state index contributed by atoms with van der Waals surface area (Å²) in [6, 6.07) is 1.63. The molecule has 1 aromatic rings. The quantitative estimate of drug-likeness (QED) is 0.645. The van der Waals surface area contributed by atoms with E-state index in [2.05, 4.69) is 4.72 Å². The Morgan fingerprint density at radius 1 is 1.33 bits per heavy atom. The summed E-state index contributed by atoms with van der Waals surface area (Å²) in [7, 11) is -3.97. The van der Waals surface area contributed by atoms with Crippen LogP contribution in [0.15, 0.2) is 17.0 Å². The average molecular weight is 318 g/mol. The lowest BCUT2D eigenvalue weighted by atomic mass is 9.98. The molecule has 1 aromatic carbocycles. The minimum atomic E-state index is -3.97. The first-order chi connectivity index (χ1) is 9.56. The molecule has 0 fully saturated rings. The molecule has 118 valence electrons. The number of rotatable bonds is 6. The van der Waals surface area contributed by atoms with Crippen LogP contribution >= 0.6 is 0 Å². The summed E-state index contributed by atoms with van der Waals surface area (Å²) in [5, 5.41) is 10.8. The number of nitrogens with one attached hydrogen (secondary N) is 1. The Labute approximate surface area is 123 Å². The Morgan fingerprint density at radius 3 is 2.29 bits per heavy atom. The molecule has 0 aliphatic heterocycles. The van der Waals surface area contributed by atoms with Crippen LogP contribution in [0.5, 0.6) is 0 Å². The number of sulfonamides is 1. The van der Waals surface area contributed by atoms with Gasteiger partial charge in [-0.3, -0.25) is 10.1 Å². The normalized spacial score (nSPS) is 12.4. The molecule has 0 bridgehead atoms. The molecule has 0 spiro atoms. The summed E-state index contributed by atoms with van der Waals surface area (Å²) < 4.78 is 40.9. The molecule has 1 rings (SSSR count). The van der Waals surface area contributed by atoms with Crippen molar-refractivity contribution >= 4 is 15.7 Å². The minimum Gasteiger partial charge on any atom is -0.258 e. The van der Waals surface area contributed by atoms with Gasteiger partial charge in [0.25, 0.3) is 0 Å². The molecule has 0 aliphatic carbocycles. The van der Waals surface area contributed by atoms with Crippen LogP contribution in [-0.2, 0) is 10.0 Å². The lowest BCUT2D eigenvalue weighted by molar-refractivity contribution is -0.387. The summed E-state index contributed by atoms with van der Waals surface area (Å²) in [6.45, 7) is 6.83. The van der Waals surface area contributed by atoms with Gasteiger partial charge in [0, 0.05) is 11.6 Å². The summed E-state index contributed by atoms with van der Waals surface area (Å²) in [6.07, 6.45) is 1.12. The monoisotopic (exact) mass is 318 g/mol. The number of benzene rings is 1. The third-order valence-electron chi connectivity index (χ3n) is 3.67. The number of aryl methyl sites for hydroxylation is 1. The molecule has 0 atom stereocenters. The number of halogens is 1. The van der Waals surface area contributed by atoms with Crippen LogP contribution in [0.3, 0.4) is 0 Å². The van der Waals surface area contributed by atoms with E-state index in [0.717, 1.165) is 12.1 Å². The fraction of sp³-hybridized carbons (Fsp3) is 0.538. The van der Waals surface area contributed by atoms with Crippen molar-refractivity contribution in [1.29, 1.82) is 0 Å². The number of nitrogens with zero attached hydrogens (tertiary/aromatic N) is 1. The highest BCUT2D eigenvalue weighted by Gasteiger charge is 2.30. The van der Waals surface area contributed by atoms with Gasteiger partial charge < -0.3 is 0 Å². The van der Waals surface area contributed by atoms with Crippen molar-refractivity contribution in [3.63, 3.8) is 0 Å².